The lowest BCUT2D eigenvalue weighted by Crippen LogP contribution is -2.41. The number of aromatic amines is 1. The van der Waals surface area contributed by atoms with Gasteiger partial charge in [-0.3, -0.25) is 4.79 Å². The van der Waals surface area contributed by atoms with Gasteiger partial charge in [0.15, 0.2) is 0 Å². The minimum atomic E-state index is -0.584. The topological polar surface area (TPSA) is 84.0 Å². The van der Waals surface area contributed by atoms with Crippen molar-refractivity contribution in [2.45, 2.75) is 19.0 Å². The molecule has 2 heterocycles. The lowest BCUT2D eigenvalue weighted by atomic mass is 10.1. The highest BCUT2D eigenvalue weighted by molar-refractivity contribution is 5.86. The Bertz CT molecular complexity index is 731. The number of carbonyl (C=O) groups excluding carboxylic acids is 1. The zero-order valence-corrected chi connectivity index (χ0v) is 11.5. The Morgan fingerprint density at radius 1 is 1.29 bits per heavy atom. The van der Waals surface area contributed by atoms with Crippen LogP contribution < -0.4 is 11.1 Å². The number of benzene rings is 1. The van der Waals surface area contributed by atoms with E-state index in [1.807, 2.05) is 36.5 Å². The highest BCUT2D eigenvalue weighted by Crippen LogP contribution is 2.18. The summed E-state index contributed by atoms with van der Waals surface area (Å²) >= 11 is 0. The molecular formula is C16H17N3O2. The fraction of sp³-hybridized carbons (Fsp3) is 0.188. The molecule has 0 unspecified atom stereocenters. The van der Waals surface area contributed by atoms with E-state index in [9.17, 15) is 4.79 Å². The van der Waals surface area contributed by atoms with Crippen molar-refractivity contribution in [1.82, 2.24) is 10.3 Å². The fourth-order valence-corrected chi connectivity index (χ4v) is 2.35. The Labute approximate surface area is 122 Å². The molecule has 1 atom stereocenters. The second kappa shape index (κ2) is 5.85. The van der Waals surface area contributed by atoms with Crippen LogP contribution in [0, 0.1) is 0 Å². The van der Waals surface area contributed by atoms with Crippen LogP contribution in [-0.4, -0.2) is 16.9 Å². The first-order chi connectivity index (χ1) is 10.2. The Balaban J connectivity index is 1.62. The van der Waals surface area contributed by atoms with E-state index < -0.39 is 6.04 Å². The molecule has 0 aliphatic carbocycles. The first-order valence-corrected chi connectivity index (χ1v) is 6.84. The van der Waals surface area contributed by atoms with Gasteiger partial charge in [0.1, 0.15) is 5.76 Å². The number of carbonyl (C=O) groups is 1. The predicted molar refractivity (Wildman–Crippen MR) is 80.5 cm³/mol. The maximum atomic E-state index is 12.0. The molecule has 0 radical (unpaired) electrons. The number of furan rings is 1. The summed E-state index contributed by atoms with van der Waals surface area (Å²) in [5.74, 6) is 0.527. The molecule has 0 bridgehead atoms. The summed E-state index contributed by atoms with van der Waals surface area (Å²) in [4.78, 5) is 15.2. The number of amides is 1. The molecule has 108 valence electrons. The summed E-state index contributed by atoms with van der Waals surface area (Å²) in [7, 11) is 0. The van der Waals surface area contributed by atoms with E-state index in [0.29, 0.717) is 18.7 Å². The number of aromatic nitrogens is 1. The van der Waals surface area contributed by atoms with Gasteiger partial charge in [0.2, 0.25) is 5.91 Å². The SMILES string of the molecule is N[C@H](Cc1c[nH]c2ccccc12)C(=O)NCc1ccco1. The third-order valence-corrected chi connectivity index (χ3v) is 3.47. The smallest absolute Gasteiger partial charge is 0.237 e. The van der Waals surface area contributed by atoms with E-state index in [4.69, 9.17) is 10.2 Å². The van der Waals surface area contributed by atoms with E-state index in [1.165, 1.54) is 0 Å². The first kappa shape index (κ1) is 13.5. The van der Waals surface area contributed by atoms with Crippen molar-refractivity contribution in [1.29, 1.82) is 0 Å². The summed E-state index contributed by atoms with van der Waals surface area (Å²) in [6.45, 7) is 0.355. The molecule has 21 heavy (non-hydrogen) atoms. The number of H-pyrrole nitrogens is 1. The molecule has 5 heteroatoms. The zero-order valence-electron chi connectivity index (χ0n) is 11.5. The van der Waals surface area contributed by atoms with Gasteiger partial charge < -0.3 is 20.5 Å². The van der Waals surface area contributed by atoms with Gasteiger partial charge in [-0.25, -0.2) is 0 Å². The van der Waals surface area contributed by atoms with Crippen molar-refractivity contribution in [2.75, 3.05) is 0 Å². The molecule has 1 amide bonds. The van der Waals surface area contributed by atoms with Gasteiger partial charge in [0.05, 0.1) is 18.8 Å². The lowest BCUT2D eigenvalue weighted by Gasteiger charge is -2.11. The van der Waals surface area contributed by atoms with Crippen LogP contribution in [0.4, 0.5) is 0 Å². The number of hydrogen-bond acceptors (Lipinski definition) is 3. The molecule has 5 nitrogen and oxygen atoms in total. The van der Waals surface area contributed by atoms with Gasteiger partial charge in [-0.15, -0.1) is 0 Å². The van der Waals surface area contributed by atoms with Crippen molar-refractivity contribution < 1.29 is 9.21 Å². The van der Waals surface area contributed by atoms with Gasteiger partial charge in [-0.2, -0.15) is 0 Å². The molecule has 0 saturated heterocycles. The second-order valence-electron chi connectivity index (χ2n) is 4.97. The molecule has 0 saturated carbocycles. The summed E-state index contributed by atoms with van der Waals surface area (Å²) in [6, 6.07) is 11.0. The van der Waals surface area contributed by atoms with E-state index in [0.717, 1.165) is 16.5 Å². The van der Waals surface area contributed by atoms with Gasteiger partial charge in [-0.05, 0) is 30.2 Å². The third kappa shape index (κ3) is 2.98. The minimum Gasteiger partial charge on any atom is -0.467 e. The fourth-order valence-electron chi connectivity index (χ4n) is 2.35. The van der Waals surface area contributed by atoms with E-state index in [-0.39, 0.29) is 5.91 Å². The summed E-state index contributed by atoms with van der Waals surface area (Å²) in [5, 5.41) is 3.88. The Morgan fingerprint density at radius 3 is 2.95 bits per heavy atom. The van der Waals surface area contributed by atoms with Crippen LogP contribution in [0.25, 0.3) is 10.9 Å². The van der Waals surface area contributed by atoms with Gasteiger partial charge >= 0.3 is 0 Å². The molecule has 2 aromatic heterocycles. The highest BCUT2D eigenvalue weighted by Gasteiger charge is 2.16. The minimum absolute atomic E-state index is 0.184. The molecule has 3 aromatic rings. The maximum absolute atomic E-state index is 12.0. The summed E-state index contributed by atoms with van der Waals surface area (Å²) in [5.41, 5.74) is 8.08. The van der Waals surface area contributed by atoms with Crippen molar-refractivity contribution >= 4 is 16.8 Å². The Morgan fingerprint density at radius 2 is 2.14 bits per heavy atom. The monoisotopic (exact) mass is 283 g/mol. The Kier molecular flexibility index (Phi) is 3.75. The van der Waals surface area contributed by atoms with Crippen LogP contribution >= 0.6 is 0 Å². The summed E-state index contributed by atoms with van der Waals surface area (Å²) < 4.78 is 5.17. The van der Waals surface area contributed by atoms with E-state index >= 15 is 0 Å². The van der Waals surface area contributed by atoms with Gasteiger partial charge in [0.25, 0.3) is 0 Å². The lowest BCUT2D eigenvalue weighted by molar-refractivity contribution is -0.122. The Hall–Kier alpha value is -2.53. The molecule has 4 N–H and O–H groups in total. The van der Waals surface area contributed by atoms with Crippen molar-refractivity contribution in [3.63, 3.8) is 0 Å². The molecule has 0 fully saturated rings. The highest BCUT2D eigenvalue weighted by atomic mass is 16.3. The van der Waals surface area contributed by atoms with Crippen LogP contribution in [0.1, 0.15) is 11.3 Å². The number of rotatable bonds is 5. The largest absolute Gasteiger partial charge is 0.467 e. The molecule has 0 spiro atoms. The molecule has 3 rings (SSSR count). The van der Waals surface area contributed by atoms with Crippen molar-refractivity contribution in [2.24, 2.45) is 5.73 Å². The molecular weight excluding hydrogens is 266 g/mol. The number of para-hydroxylation sites is 1. The van der Waals surface area contributed by atoms with E-state index in [1.54, 1.807) is 12.3 Å². The number of nitrogens with two attached hydrogens (primary N) is 1. The normalized spacial score (nSPS) is 12.4. The predicted octanol–water partition coefficient (Wildman–Crippen LogP) is 1.95. The molecule has 0 aliphatic rings. The second-order valence-corrected chi connectivity index (χ2v) is 4.97. The first-order valence-electron chi connectivity index (χ1n) is 6.84. The average Bonchev–Trinajstić information content (AvgIpc) is 3.15. The summed E-state index contributed by atoms with van der Waals surface area (Å²) in [6.07, 6.45) is 3.98. The van der Waals surface area contributed by atoms with Crippen LogP contribution in [0.15, 0.2) is 53.3 Å². The van der Waals surface area contributed by atoms with Crippen LogP contribution in [0.3, 0.4) is 0 Å². The quantitative estimate of drug-likeness (QED) is 0.669. The molecule has 1 aromatic carbocycles. The number of nitrogens with one attached hydrogen (secondary N) is 2. The maximum Gasteiger partial charge on any atom is 0.237 e. The van der Waals surface area contributed by atoms with Crippen LogP contribution in [0.2, 0.25) is 0 Å². The number of hydrogen-bond donors (Lipinski definition) is 3. The average molecular weight is 283 g/mol. The zero-order chi connectivity index (χ0) is 14.7. The van der Waals surface area contributed by atoms with Gasteiger partial charge in [-0.1, -0.05) is 18.2 Å². The standard InChI is InChI=1S/C16H17N3O2/c17-14(16(20)19-10-12-4-3-7-21-12)8-11-9-18-15-6-2-1-5-13(11)15/h1-7,9,14,18H,8,10,17H2,(H,19,20)/t14-/m1/s1. The van der Waals surface area contributed by atoms with Crippen LogP contribution in [-0.2, 0) is 17.8 Å². The van der Waals surface area contributed by atoms with Gasteiger partial charge in [0, 0.05) is 17.1 Å². The van der Waals surface area contributed by atoms with Crippen molar-refractivity contribution in [3.05, 3.63) is 60.2 Å². The third-order valence-electron chi connectivity index (χ3n) is 3.47. The van der Waals surface area contributed by atoms with Crippen LogP contribution in [0.5, 0.6) is 0 Å². The number of fused-ring (bicyclic) bond motifs is 1. The van der Waals surface area contributed by atoms with E-state index in [2.05, 4.69) is 10.3 Å². The molecule has 0 aliphatic heterocycles. The van der Waals surface area contributed by atoms with Crippen molar-refractivity contribution in [3.8, 4) is 0 Å².